The van der Waals surface area contributed by atoms with Crippen molar-refractivity contribution in [1.82, 2.24) is 5.32 Å². The molecule has 10 heteroatoms. The lowest BCUT2D eigenvalue weighted by Gasteiger charge is -2.16. The Labute approximate surface area is 236 Å². The van der Waals surface area contributed by atoms with Crippen LogP contribution in [0.1, 0.15) is 16.7 Å². The van der Waals surface area contributed by atoms with Crippen LogP contribution in [-0.2, 0) is 27.2 Å². The monoisotopic (exact) mass is 567 g/mol. The van der Waals surface area contributed by atoms with Gasteiger partial charge < -0.3 is 20.1 Å². The van der Waals surface area contributed by atoms with Crippen molar-refractivity contribution in [1.29, 1.82) is 0 Å². The zero-order valence-electron chi connectivity index (χ0n) is 21.6. The topological polar surface area (TPSA) is 97.0 Å². The molecule has 2 N–H and O–H groups in total. The molecule has 4 rings (SSSR count). The van der Waals surface area contributed by atoms with Gasteiger partial charge in [0.1, 0.15) is 10.7 Å². The van der Waals surface area contributed by atoms with Gasteiger partial charge in [0.15, 0.2) is 11.5 Å². The minimum Gasteiger partial charge on any atom is -0.493 e. The Balaban J connectivity index is 1.32. The first kappa shape index (κ1) is 28.0. The number of benzene rings is 3. The number of halogens is 2. The van der Waals surface area contributed by atoms with E-state index in [1.165, 1.54) is 0 Å². The largest absolute Gasteiger partial charge is 0.493 e. The molecule has 0 unspecified atom stereocenters. The normalized spacial score (nSPS) is 13.1. The fourth-order valence-electron chi connectivity index (χ4n) is 4.05. The van der Waals surface area contributed by atoms with Crippen LogP contribution in [0.3, 0.4) is 0 Å². The highest BCUT2D eigenvalue weighted by Gasteiger charge is 2.39. The van der Waals surface area contributed by atoms with Gasteiger partial charge in [0.2, 0.25) is 5.91 Å². The van der Waals surface area contributed by atoms with Crippen LogP contribution in [0.5, 0.6) is 11.5 Å². The number of imide groups is 1. The third-order valence-electron chi connectivity index (χ3n) is 6.21. The molecule has 1 heterocycles. The summed E-state index contributed by atoms with van der Waals surface area (Å²) in [6.45, 7) is 2.30. The molecule has 0 bridgehead atoms. The lowest BCUT2D eigenvalue weighted by atomic mass is 10.1. The highest BCUT2D eigenvalue weighted by molar-refractivity contribution is 6.53. The Kier molecular flexibility index (Phi) is 8.79. The van der Waals surface area contributed by atoms with Crippen molar-refractivity contribution in [2.24, 2.45) is 0 Å². The van der Waals surface area contributed by atoms with Gasteiger partial charge in [-0.05, 0) is 66.4 Å². The zero-order chi connectivity index (χ0) is 28.1. The summed E-state index contributed by atoms with van der Waals surface area (Å²) in [5.41, 5.74) is 3.48. The van der Waals surface area contributed by atoms with Crippen LogP contribution in [-0.4, -0.2) is 38.5 Å². The van der Waals surface area contributed by atoms with Crippen molar-refractivity contribution in [2.45, 2.75) is 19.8 Å². The zero-order valence-corrected chi connectivity index (χ0v) is 23.2. The molecule has 0 aromatic heterocycles. The Morgan fingerprint density at radius 1 is 0.872 bits per heavy atom. The molecule has 3 aromatic rings. The molecule has 0 saturated heterocycles. The van der Waals surface area contributed by atoms with E-state index < -0.39 is 11.8 Å². The molecule has 1 aliphatic rings. The second kappa shape index (κ2) is 12.2. The Bertz CT molecular complexity index is 1450. The van der Waals surface area contributed by atoms with Crippen LogP contribution in [0.25, 0.3) is 0 Å². The summed E-state index contributed by atoms with van der Waals surface area (Å²) >= 11 is 12.4. The molecular formula is C29H27Cl2N3O5. The maximum atomic E-state index is 13.0. The van der Waals surface area contributed by atoms with Crippen LogP contribution in [0.15, 0.2) is 71.4 Å². The molecule has 3 aromatic carbocycles. The fourth-order valence-corrected chi connectivity index (χ4v) is 4.43. The lowest BCUT2D eigenvalue weighted by Crippen LogP contribution is -2.32. The number of ether oxygens (including phenoxy) is 2. The predicted octanol–water partition coefficient (Wildman–Crippen LogP) is 5.00. The Hall–Kier alpha value is -4.01. The Morgan fingerprint density at radius 2 is 1.56 bits per heavy atom. The molecule has 39 heavy (non-hydrogen) atoms. The third-order valence-corrected chi connectivity index (χ3v) is 6.97. The van der Waals surface area contributed by atoms with Gasteiger partial charge in [-0.3, -0.25) is 14.4 Å². The van der Waals surface area contributed by atoms with E-state index >= 15 is 0 Å². The molecule has 0 fully saturated rings. The smallest absolute Gasteiger partial charge is 0.283 e. The molecule has 0 aliphatic carbocycles. The van der Waals surface area contributed by atoms with Gasteiger partial charge in [0.05, 0.1) is 26.3 Å². The van der Waals surface area contributed by atoms with Gasteiger partial charge in [0.25, 0.3) is 11.8 Å². The molecular weight excluding hydrogens is 541 g/mol. The molecule has 0 saturated carbocycles. The fraction of sp³-hybridized carbons (Fsp3) is 0.207. The first-order valence-corrected chi connectivity index (χ1v) is 12.9. The van der Waals surface area contributed by atoms with Crippen molar-refractivity contribution in [3.63, 3.8) is 0 Å². The number of anilines is 2. The number of aryl methyl sites for hydroxylation is 1. The van der Waals surface area contributed by atoms with Crippen molar-refractivity contribution in [3.8, 4) is 11.5 Å². The van der Waals surface area contributed by atoms with Crippen LogP contribution in [0.4, 0.5) is 11.4 Å². The van der Waals surface area contributed by atoms with Gasteiger partial charge in [0, 0.05) is 17.3 Å². The minimum absolute atomic E-state index is 0.0287. The van der Waals surface area contributed by atoms with E-state index in [2.05, 4.69) is 10.6 Å². The SMILES string of the molecule is COc1ccc(CCNC(=O)Cc2ccc(NC3=C(Cl)C(=O)N(c4ccc(C)c(Cl)c4)C3=O)cc2)cc1OC. The average Bonchev–Trinajstić information content (AvgIpc) is 3.14. The van der Waals surface area contributed by atoms with E-state index in [1.807, 2.05) is 25.1 Å². The number of hydrogen-bond donors (Lipinski definition) is 2. The molecule has 0 atom stereocenters. The minimum atomic E-state index is -0.634. The molecule has 1 aliphatic heterocycles. The molecule has 0 spiro atoms. The maximum absolute atomic E-state index is 13.0. The molecule has 3 amide bonds. The predicted molar refractivity (Wildman–Crippen MR) is 152 cm³/mol. The second-order valence-corrected chi connectivity index (χ2v) is 9.64. The van der Waals surface area contributed by atoms with Crippen molar-refractivity contribution < 1.29 is 23.9 Å². The van der Waals surface area contributed by atoms with Gasteiger partial charge in [-0.15, -0.1) is 0 Å². The summed E-state index contributed by atoms with van der Waals surface area (Å²) in [6, 6.07) is 17.5. The van der Waals surface area contributed by atoms with Gasteiger partial charge >= 0.3 is 0 Å². The number of carbonyl (C=O) groups excluding carboxylic acids is 3. The molecule has 0 radical (unpaired) electrons. The lowest BCUT2D eigenvalue weighted by molar-refractivity contribution is -0.121. The number of carbonyl (C=O) groups is 3. The number of nitrogens with zero attached hydrogens (tertiary/aromatic N) is 1. The number of amides is 3. The summed E-state index contributed by atoms with van der Waals surface area (Å²) in [5, 5.41) is 6.07. The van der Waals surface area contributed by atoms with Gasteiger partial charge in [-0.2, -0.15) is 0 Å². The molecule has 202 valence electrons. The van der Waals surface area contributed by atoms with E-state index in [9.17, 15) is 14.4 Å². The first-order chi connectivity index (χ1) is 18.7. The van der Waals surface area contributed by atoms with E-state index in [4.69, 9.17) is 32.7 Å². The van der Waals surface area contributed by atoms with E-state index in [0.29, 0.717) is 40.9 Å². The average molecular weight is 568 g/mol. The summed E-state index contributed by atoms with van der Waals surface area (Å²) in [7, 11) is 3.16. The van der Waals surface area contributed by atoms with Crippen molar-refractivity contribution in [2.75, 3.05) is 31.0 Å². The van der Waals surface area contributed by atoms with Gasteiger partial charge in [-0.25, -0.2) is 4.90 Å². The molecule has 8 nitrogen and oxygen atoms in total. The first-order valence-electron chi connectivity index (χ1n) is 12.1. The summed E-state index contributed by atoms with van der Waals surface area (Å²) in [4.78, 5) is 39.1. The van der Waals surface area contributed by atoms with Crippen LogP contribution in [0.2, 0.25) is 5.02 Å². The number of nitrogens with one attached hydrogen (secondary N) is 2. The summed E-state index contributed by atoms with van der Waals surface area (Å²) in [5.74, 6) is -0.0404. The van der Waals surface area contributed by atoms with Crippen LogP contribution >= 0.6 is 23.2 Å². The Morgan fingerprint density at radius 3 is 2.23 bits per heavy atom. The second-order valence-electron chi connectivity index (χ2n) is 8.86. The third kappa shape index (κ3) is 6.35. The van der Waals surface area contributed by atoms with Crippen molar-refractivity contribution in [3.05, 3.63) is 93.1 Å². The number of rotatable bonds is 10. The quantitative estimate of drug-likeness (QED) is 0.334. The van der Waals surface area contributed by atoms with Crippen LogP contribution < -0.4 is 25.0 Å². The van der Waals surface area contributed by atoms with Crippen LogP contribution in [0, 0.1) is 6.92 Å². The van der Waals surface area contributed by atoms with E-state index in [0.717, 1.165) is 21.6 Å². The number of methoxy groups -OCH3 is 2. The summed E-state index contributed by atoms with van der Waals surface area (Å²) in [6.07, 6.45) is 0.832. The van der Waals surface area contributed by atoms with E-state index in [-0.39, 0.29) is 23.1 Å². The number of hydrogen-bond acceptors (Lipinski definition) is 6. The highest BCUT2D eigenvalue weighted by Crippen LogP contribution is 2.32. The summed E-state index contributed by atoms with van der Waals surface area (Å²) < 4.78 is 10.6. The van der Waals surface area contributed by atoms with E-state index in [1.54, 1.807) is 56.7 Å². The standard InChI is InChI=1S/C29H27Cl2N3O5/c1-17-4-10-21(16-22(17)30)34-28(36)26(31)27(29(34)37)33-20-8-5-18(6-9-20)15-25(35)32-13-12-19-7-11-23(38-2)24(14-19)39-3/h4-11,14,16,33H,12-13,15H2,1-3H3,(H,32,35). The highest BCUT2D eigenvalue weighted by atomic mass is 35.5. The maximum Gasteiger partial charge on any atom is 0.283 e. The van der Waals surface area contributed by atoms with Gasteiger partial charge in [-0.1, -0.05) is 47.5 Å². The van der Waals surface area contributed by atoms with Crippen molar-refractivity contribution >= 4 is 52.3 Å².